The average Bonchev–Trinajstić information content (AvgIpc) is 3.37. The molecule has 0 aliphatic carbocycles. The molecule has 3 aromatic rings. The molecule has 2 fully saturated rings. The molecule has 1 aromatic carbocycles. The molecule has 4 N–H and O–H groups in total. The number of nitrogens with zero attached hydrogens (tertiary/aromatic N) is 6. The molecule has 152 valence electrons. The van der Waals surface area contributed by atoms with Gasteiger partial charge in [-0.15, -0.1) is 0 Å². The van der Waals surface area contributed by atoms with Crippen LogP contribution < -0.4 is 16.2 Å². The van der Waals surface area contributed by atoms with Gasteiger partial charge in [0.25, 0.3) is 0 Å². The summed E-state index contributed by atoms with van der Waals surface area (Å²) >= 11 is 0. The van der Waals surface area contributed by atoms with Crippen LogP contribution in [0.1, 0.15) is 17.5 Å². The molecule has 2 aliphatic heterocycles. The van der Waals surface area contributed by atoms with E-state index in [4.69, 9.17) is 16.2 Å². The second kappa shape index (κ2) is 6.85. The van der Waals surface area contributed by atoms with Crippen LogP contribution in [0.15, 0.2) is 24.4 Å². The van der Waals surface area contributed by atoms with Gasteiger partial charge in [-0.25, -0.2) is 4.98 Å². The van der Waals surface area contributed by atoms with Crippen molar-refractivity contribution in [2.75, 3.05) is 38.7 Å². The number of nitrogen functional groups attached to an aromatic ring is 2. The first-order valence-corrected chi connectivity index (χ1v) is 9.86. The highest BCUT2D eigenvalue weighted by atomic mass is 16.5. The van der Waals surface area contributed by atoms with E-state index in [0.29, 0.717) is 35.5 Å². The Morgan fingerprint density at radius 3 is 2.72 bits per heavy atom. The van der Waals surface area contributed by atoms with E-state index in [1.165, 1.54) is 18.5 Å². The van der Waals surface area contributed by atoms with Crippen molar-refractivity contribution in [2.24, 2.45) is 0 Å². The lowest BCUT2D eigenvalue weighted by Crippen LogP contribution is -2.43. The standard InChI is InChI=1S/C20H26N8O/c1-26-10-15-6-14(26)11-27(15)8-12-3-4-13(17(5-12)29-2)9-28-18-16(7-23-28)24-20(22)25-19(18)21/h3-5,7,14-15H,6,8-11H2,1-2H3,(H4,21,22,24,25). The van der Waals surface area contributed by atoms with Crippen molar-refractivity contribution >= 4 is 22.8 Å². The van der Waals surface area contributed by atoms with Crippen molar-refractivity contribution in [2.45, 2.75) is 31.6 Å². The SMILES string of the molecule is COc1cc(CN2CC3CC2CN3C)ccc1Cn1ncc2nc(N)nc(N)c21. The molecule has 2 aliphatic rings. The number of methoxy groups -OCH3 is 1. The second-order valence-electron chi connectivity index (χ2n) is 8.06. The minimum Gasteiger partial charge on any atom is -0.496 e. The Bertz CT molecular complexity index is 1060. The number of fused-ring (bicyclic) bond motifs is 3. The molecule has 0 radical (unpaired) electrons. The number of likely N-dealkylation sites (N-methyl/N-ethyl adjacent to an activating group) is 1. The maximum atomic E-state index is 6.05. The first kappa shape index (κ1) is 18.1. The van der Waals surface area contributed by atoms with E-state index < -0.39 is 0 Å². The molecule has 2 saturated heterocycles. The van der Waals surface area contributed by atoms with Crippen LogP contribution in [0.5, 0.6) is 5.75 Å². The third-order valence-corrected chi connectivity index (χ3v) is 6.22. The van der Waals surface area contributed by atoms with Crippen molar-refractivity contribution in [3.63, 3.8) is 0 Å². The average molecular weight is 394 g/mol. The topological polar surface area (TPSA) is 111 Å². The van der Waals surface area contributed by atoms with E-state index in [-0.39, 0.29) is 5.95 Å². The fourth-order valence-corrected chi connectivity index (χ4v) is 4.72. The highest BCUT2D eigenvalue weighted by Gasteiger charge is 2.41. The Balaban J connectivity index is 1.38. The van der Waals surface area contributed by atoms with E-state index in [2.05, 4.69) is 50.1 Å². The molecule has 0 spiro atoms. The summed E-state index contributed by atoms with van der Waals surface area (Å²) in [5, 5.41) is 4.42. The predicted octanol–water partition coefficient (Wildman–Crippen LogP) is 0.936. The van der Waals surface area contributed by atoms with Crippen LogP contribution in [-0.2, 0) is 13.1 Å². The van der Waals surface area contributed by atoms with Gasteiger partial charge in [-0.05, 0) is 25.1 Å². The second-order valence-corrected chi connectivity index (χ2v) is 8.06. The molecular weight excluding hydrogens is 368 g/mol. The molecule has 0 amide bonds. The largest absolute Gasteiger partial charge is 0.496 e. The maximum Gasteiger partial charge on any atom is 0.222 e. The van der Waals surface area contributed by atoms with Gasteiger partial charge in [0, 0.05) is 37.3 Å². The van der Waals surface area contributed by atoms with Gasteiger partial charge in [0.2, 0.25) is 5.95 Å². The van der Waals surface area contributed by atoms with Gasteiger partial charge in [0.15, 0.2) is 5.82 Å². The van der Waals surface area contributed by atoms with E-state index in [0.717, 1.165) is 24.4 Å². The third-order valence-electron chi connectivity index (χ3n) is 6.22. The highest BCUT2D eigenvalue weighted by Crippen LogP contribution is 2.31. The molecule has 29 heavy (non-hydrogen) atoms. The van der Waals surface area contributed by atoms with Gasteiger partial charge in [0.05, 0.1) is 19.9 Å². The number of hydrogen-bond acceptors (Lipinski definition) is 8. The molecule has 2 aromatic heterocycles. The quantitative estimate of drug-likeness (QED) is 0.658. The zero-order valence-corrected chi connectivity index (χ0v) is 16.7. The van der Waals surface area contributed by atoms with Gasteiger partial charge >= 0.3 is 0 Å². The summed E-state index contributed by atoms with van der Waals surface area (Å²) in [6.07, 6.45) is 2.94. The molecule has 4 heterocycles. The Kier molecular flexibility index (Phi) is 4.29. The summed E-state index contributed by atoms with van der Waals surface area (Å²) in [6, 6.07) is 7.79. The number of aromatic nitrogens is 4. The summed E-state index contributed by atoms with van der Waals surface area (Å²) < 4.78 is 7.48. The van der Waals surface area contributed by atoms with E-state index in [1.54, 1.807) is 18.0 Å². The maximum absolute atomic E-state index is 6.05. The van der Waals surface area contributed by atoms with Crippen molar-refractivity contribution in [1.82, 2.24) is 29.5 Å². The molecular formula is C20H26N8O. The summed E-state index contributed by atoms with van der Waals surface area (Å²) in [5.74, 6) is 1.33. The number of benzene rings is 1. The van der Waals surface area contributed by atoms with Crippen LogP contribution in [0.4, 0.5) is 11.8 Å². The van der Waals surface area contributed by atoms with Gasteiger partial charge in [0.1, 0.15) is 16.8 Å². The number of hydrogen-bond donors (Lipinski definition) is 2. The number of anilines is 2. The molecule has 0 saturated carbocycles. The highest BCUT2D eigenvalue weighted by molar-refractivity contribution is 5.85. The van der Waals surface area contributed by atoms with Crippen molar-refractivity contribution < 1.29 is 4.74 Å². The number of likely N-dealkylation sites (tertiary alicyclic amines) is 2. The van der Waals surface area contributed by atoms with Crippen LogP contribution >= 0.6 is 0 Å². The van der Waals surface area contributed by atoms with Crippen LogP contribution in [0, 0.1) is 0 Å². The van der Waals surface area contributed by atoms with Crippen molar-refractivity contribution in [3.05, 3.63) is 35.5 Å². The van der Waals surface area contributed by atoms with Gasteiger partial charge in [-0.2, -0.15) is 10.1 Å². The number of piperazine rings is 1. The number of rotatable bonds is 5. The Morgan fingerprint density at radius 2 is 2.00 bits per heavy atom. The van der Waals surface area contributed by atoms with Crippen LogP contribution in [0.2, 0.25) is 0 Å². The van der Waals surface area contributed by atoms with E-state index >= 15 is 0 Å². The van der Waals surface area contributed by atoms with E-state index in [9.17, 15) is 0 Å². The van der Waals surface area contributed by atoms with Crippen LogP contribution in [0.3, 0.4) is 0 Å². The first-order valence-electron chi connectivity index (χ1n) is 9.86. The van der Waals surface area contributed by atoms with Gasteiger partial charge < -0.3 is 21.1 Å². The summed E-state index contributed by atoms with van der Waals surface area (Å²) in [6.45, 7) is 3.78. The first-order chi connectivity index (χ1) is 14.0. The fraction of sp³-hybridized carbons (Fsp3) is 0.450. The lowest BCUT2D eigenvalue weighted by Gasteiger charge is -2.32. The zero-order chi connectivity index (χ0) is 20.1. The Hall–Kier alpha value is -2.91. The Labute approximate surface area is 169 Å². The lowest BCUT2D eigenvalue weighted by molar-refractivity contribution is 0.143. The monoisotopic (exact) mass is 394 g/mol. The lowest BCUT2D eigenvalue weighted by atomic mass is 10.1. The zero-order valence-electron chi connectivity index (χ0n) is 16.7. The summed E-state index contributed by atoms with van der Waals surface area (Å²) in [4.78, 5) is 13.3. The predicted molar refractivity (Wildman–Crippen MR) is 111 cm³/mol. The fourth-order valence-electron chi connectivity index (χ4n) is 4.72. The normalized spacial score (nSPS) is 22.0. The number of nitrogens with two attached hydrogens (primary N) is 2. The number of ether oxygens (including phenoxy) is 1. The van der Waals surface area contributed by atoms with Crippen LogP contribution in [-0.4, -0.2) is 68.9 Å². The van der Waals surface area contributed by atoms with Gasteiger partial charge in [-0.1, -0.05) is 12.1 Å². The summed E-state index contributed by atoms with van der Waals surface area (Å²) in [7, 11) is 3.93. The minimum atomic E-state index is 0.151. The van der Waals surface area contributed by atoms with Crippen molar-refractivity contribution in [3.8, 4) is 5.75 Å². The smallest absolute Gasteiger partial charge is 0.222 e. The molecule has 2 unspecified atom stereocenters. The molecule has 5 rings (SSSR count). The van der Waals surface area contributed by atoms with Gasteiger partial charge in [-0.3, -0.25) is 9.58 Å². The molecule has 2 bridgehead atoms. The molecule has 9 nitrogen and oxygen atoms in total. The molecule has 9 heteroatoms. The minimum absolute atomic E-state index is 0.151. The van der Waals surface area contributed by atoms with Crippen LogP contribution in [0.25, 0.3) is 11.0 Å². The Morgan fingerprint density at radius 1 is 1.14 bits per heavy atom. The molecule has 2 atom stereocenters. The van der Waals surface area contributed by atoms with Crippen molar-refractivity contribution in [1.29, 1.82) is 0 Å². The van der Waals surface area contributed by atoms with E-state index in [1.807, 2.05) is 0 Å². The third kappa shape index (κ3) is 3.16. The summed E-state index contributed by atoms with van der Waals surface area (Å²) in [5.41, 5.74) is 15.3.